The highest BCUT2D eigenvalue weighted by atomic mass is 32.2. The average Bonchev–Trinajstić information content (AvgIpc) is 3.30. The molecule has 0 aromatic carbocycles. The summed E-state index contributed by atoms with van der Waals surface area (Å²) < 4.78 is 30.9. The Hall–Kier alpha value is -2.82. The van der Waals surface area contributed by atoms with Gasteiger partial charge in [0.2, 0.25) is 5.76 Å². The molecule has 10 nitrogen and oxygen atoms in total. The number of piperidine rings is 1. The van der Waals surface area contributed by atoms with E-state index in [2.05, 4.69) is 20.2 Å². The molecule has 1 amide bonds. The zero-order chi connectivity index (χ0) is 18.3. The molecule has 3 aromatic heterocycles. The Labute approximate surface area is 148 Å². The maximum atomic E-state index is 12.6. The smallest absolute Gasteiger partial charge is 0.292 e. The maximum Gasteiger partial charge on any atom is 0.292 e. The van der Waals surface area contributed by atoms with Crippen molar-refractivity contribution in [2.75, 3.05) is 19.3 Å². The zero-order valence-electron chi connectivity index (χ0n) is 13.9. The quantitative estimate of drug-likeness (QED) is 0.649. The van der Waals surface area contributed by atoms with Gasteiger partial charge in [0, 0.05) is 31.3 Å². The molecule has 26 heavy (non-hydrogen) atoms. The number of sulfone groups is 1. The molecule has 136 valence electrons. The number of rotatable bonds is 3. The van der Waals surface area contributed by atoms with Crippen LogP contribution < -0.4 is 0 Å². The van der Waals surface area contributed by atoms with Crippen LogP contribution >= 0.6 is 0 Å². The molecule has 1 unspecified atom stereocenters. The SMILES string of the molecule is CS(=O)(=O)c1cnc2ncnn2c1C1CCCN(C(=O)c2ccno2)C1. The van der Waals surface area contributed by atoms with Gasteiger partial charge in [0.15, 0.2) is 9.84 Å². The van der Waals surface area contributed by atoms with Gasteiger partial charge in [0.1, 0.15) is 11.2 Å². The number of likely N-dealkylation sites (tertiary alicyclic amines) is 1. The van der Waals surface area contributed by atoms with Gasteiger partial charge < -0.3 is 9.42 Å². The summed E-state index contributed by atoms with van der Waals surface area (Å²) in [6, 6.07) is 1.51. The highest BCUT2D eigenvalue weighted by Gasteiger charge is 2.32. The molecule has 4 heterocycles. The average molecular weight is 376 g/mol. The number of carbonyl (C=O) groups is 1. The summed E-state index contributed by atoms with van der Waals surface area (Å²) in [5.41, 5.74) is 0.505. The first kappa shape index (κ1) is 16.6. The van der Waals surface area contributed by atoms with Crippen LogP contribution in [0.3, 0.4) is 0 Å². The van der Waals surface area contributed by atoms with Gasteiger partial charge >= 0.3 is 0 Å². The maximum absolute atomic E-state index is 12.6. The summed E-state index contributed by atoms with van der Waals surface area (Å²) in [6.07, 6.45) is 6.65. The van der Waals surface area contributed by atoms with Crippen LogP contribution in [0.15, 0.2) is 34.2 Å². The molecule has 4 rings (SSSR count). The lowest BCUT2D eigenvalue weighted by Gasteiger charge is -2.32. The number of carbonyl (C=O) groups excluding carboxylic acids is 1. The predicted molar refractivity (Wildman–Crippen MR) is 88.3 cm³/mol. The topological polar surface area (TPSA) is 124 Å². The van der Waals surface area contributed by atoms with Crippen molar-refractivity contribution in [2.45, 2.75) is 23.7 Å². The molecule has 0 bridgehead atoms. The summed E-state index contributed by atoms with van der Waals surface area (Å²) >= 11 is 0. The number of aromatic nitrogens is 5. The molecule has 0 saturated carbocycles. The third-order valence-corrected chi connectivity index (χ3v) is 5.56. The lowest BCUT2D eigenvalue weighted by Crippen LogP contribution is -2.39. The zero-order valence-corrected chi connectivity index (χ0v) is 14.8. The molecule has 1 fully saturated rings. The Bertz CT molecular complexity index is 1060. The van der Waals surface area contributed by atoms with Gasteiger partial charge in [-0.15, -0.1) is 0 Å². The molecular formula is C15H16N6O4S. The van der Waals surface area contributed by atoms with Crippen molar-refractivity contribution in [2.24, 2.45) is 0 Å². The van der Waals surface area contributed by atoms with Crippen LogP contribution in [-0.4, -0.2) is 63.3 Å². The third kappa shape index (κ3) is 2.83. The first-order chi connectivity index (χ1) is 12.4. The van der Waals surface area contributed by atoms with Crippen LogP contribution in [0.25, 0.3) is 5.78 Å². The van der Waals surface area contributed by atoms with Gasteiger partial charge in [-0.05, 0) is 12.8 Å². The fourth-order valence-electron chi connectivity index (χ4n) is 3.31. The van der Waals surface area contributed by atoms with E-state index in [9.17, 15) is 13.2 Å². The van der Waals surface area contributed by atoms with E-state index < -0.39 is 9.84 Å². The number of nitrogens with zero attached hydrogens (tertiary/aromatic N) is 6. The number of amides is 1. The second-order valence-electron chi connectivity index (χ2n) is 6.22. The molecule has 0 radical (unpaired) electrons. The highest BCUT2D eigenvalue weighted by Crippen LogP contribution is 2.31. The summed E-state index contributed by atoms with van der Waals surface area (Å²) in [4.78, 5) is 22.4. The standard InChI is InChI=1S/C15H16N6O4S/c1-26(23,24)12-7-16-15-17-9-18-21(15)13(12)10-3-2-6-20(8-10)14(22)11-4-5-19-25-11/h4-5,7,9-10H,2-3,6,8H2,1H3. The van der Waals surface area contributed by atoms with Crippen molar-refractivity contribution in [3.05, 3.63) is 36.2 Å². The lowest BCUT2D eigenvalue weighted by molar-refractivity contribution is 0.0662. The van der Waals surface area contributed by atoms with Crippen LogP contribution in [-0.2, 0) is 9.84 Å². The molecule has 1 saturated heterocycles. The first-order valence-electron chi connectivity index (χ1n) is 8.04. The van der Waals surface area contributed by atoms with E-state index in [0.717, 1.165) is 19.1 Å². The van der Waals surface area contributed by atoms with Gasteiger partial charge in [0.25, 0.3) is 11.7 Å². The molecule has 0 N–H and O–H groups in total. The molecule has 11 heteroatoms. The minimum Gasteiger partial charge on any atom is -0.351 e. The summed E-state index contributed by atoms with van der Waals surface area (Å²) in [7, 11) is -3.52. The van der Waals surface area contributed by atoms with Gasteiger partial charge in [-0.25, -0.2) is 13.4 Å². The van der Waals surface area contributed by atoms with E-state index in [4.69, 9.17) is 4.52 Å². The summed E-state index contributed by atoms with van der Waals surface area (Å²) in [5, 5.41) is 7.70. The minimum atomic E-state index is -3.52. The van der Waals surface area contributed by atoms with E-state index in [1.54, 1.807) is 4.90 Å². The second kappa shape index (κ2) is 6.16. The second-order valence-corrected chi connectivity index (χ2v) is 8.20. The van der Waals surface area contributed by atoms with Gasteiger partial charge in [-0.2, -0.15) is 14.6 Å². The lowest BCUT2D eigenvalue weighted by atomic mass is 9.94. The fraction of sp³-hybridized carbons (Fsp3) is 0.400. The van der Waals surface area contributed by atoms with E-state index >= 15 is 0 Å². The number of hydrogen-bond acceptors (Lipinski definition) is 8. The normalized spacial score (nSPS) is 18.3. The van der Waals surface area contributed by atoms with Crippen LogP contribution in [0.2, 0.25) is 0 Å². The van der Waals surface area contributed by atoms with Crippen molar-refractivity contribution >= 4 is 21.5 Å². The predicted octanol–water partition coefficient (Wildman–Crippen LogP) is 0.536. The van der Waals surface area contributed by atoms with Crippen LogP contribution in [0.5, 0.6) is 0 Å². The molecular weight excluding hydrogens is 360 g/mol. The number of hydrogen-bond donors (Lipinski definition) is 0. The third-order valence-electron chi connectivity index (χ3n) is 4.45. The molecule has 1 aliphatic rings. The number of fused-ring (bicyclic) bond motifs is 1. The first-order valence-corrected chi connectivity index (χ1v) is 9.93. The minimum absolute atomic E-state index is 0.106. The fourth-order valence-corrected chi connectivity index (χ4v) is 4.18. The Morgan fingerprint density at radius 1 is 1.35 bits per heavy atom. The Kier molecular flexibility index (Phi) is 3.94. The van der Waals surface area contributed by atoms with Gasteiger partial charge in [0.05, 0.1) is 18.1 Å². The largest absolute Gasteiger partial charge is 0.351 e. The van der Waals surface area contributed by atoms with E-state index in [1.165, 1.54) is 29.3 Å². The van der Waals surface area contributed by atoms with E-state index in [1.807, 2.05) is 0 Å². The van der Waals surface area contributed by atoms with Crippen molar-refractivity contribution < 1.29 is 17.7 Å². The van der Waals surface area contributed by atoms with Crippen molar-refractivity contribution in [3.63, 3.8) is 0 Å². The molecule has 1 atom stereocenters. The van der Waals surface area contributed by atoms with E-state index in [0.29, 0.717) is 24.6 Å². The Balaban J connectivity index is 1.75. The van der Waals surface area contributed by atoms with Gasteiger partial charge in [-0.1, -0.05) is 5.16 Å². The summed E-state index contributed by atoms with van der Waals surface area (Å²) in [6.45, 7) is 0.914. The Morgan fingerprint density at radius 2 is 2.19 bits per heavy atom. The molecule has 0 aliphatic carbocycles. The Morgan fingerprint density at radius 3 is 2.92 bits per heavy atom. The van der Waals surface area contributed by atoms with Crippen molar-refractivity contribution in [3.8, 4) is 0 Å². The van der Waals surface area contributed by atoms with Gasteiger partial charge in [-0.3, -0.25) is 4.79 Å². The van der Waals surface area contributed by atoms with E-state index in [-0.39, 0.29) is 22.5 Å². The molecule has 1 aliphatic heterocycles. The van der Waals surface area contributed by atoms with Crippen molar-refractivity contribution in [1.82, 2.24) is 29.6 Å². The molecule has 3 aromatic rings. The van der Waals surface area contributed by atoms with Crippen LogP contribution in [0.4, 0.5) is 0 Å². The van der Waals surface area contributed by atoms with Crippen LogP contribution in [0.1, 0.15) is 35.0 Å². The van der Waals surface area contributed by atoms with Crippen molar-refractivity contribution in [1.29, 1.82) is 0 Å². The summed E-state index contributed by atoms with van der Waals surface area (Å²) in [5.74, 6) is 0.00486. The monoisotopic (exact) mass is 376 g/mol. The highest BCUT2D eigenvalue weighted by molar-refractivity contribution is 7.90. The van der Waals surface area contributed by atoms with Crippen LogP contribution in [0, 0.1) is 0 Å². The molecule has 0 spiro atoms.